The van der Waals surface area contributed by atoms with E-state index in [1.165, 1.54) is 18.2 Å². The molecule has 0 bridgehead atoms. The van der Waals surface area contributed by atoms with E-state index < -0.39 is 10.7 Å². The third-order valence-corrected chi connectivity index (χ3v) is 3.07. The third-order valence-electron chi connectivity index (χ3n) is 3.07. The summed E-state index contributed by atoms with van der Waals surface area (Å²) in [6.07, 6.45) is 4.72. The van der Waals surface area contributed by atoms with Crippen LogP contribution in [0, 0.1) is 10.1 Å². The average molecular weight is 267 g/mol. The zero-order chi connectivity index (χ0) is 14.1. The molecule has 0 saturated heterocycles. The molecule has 2 aromatic heterocycles. The molecule has 2 heterocycles. The molecule has 0 fully saturated rings. The van der Waals surface area contributed by atoms with Crippen LogP contribution < -0.4 is 0 Å². The maximum Gasteiger partial charge on any atom is 0.280 e. The van der Waals surface area contributed by atoms with Crippen LogP contribution in [0.15, 0.2) is 48.9 Å². The molecule has 0 aliphatic heterocycles. The number of para-hydroxylation sites is 1. The van der Waals surface area contributed by atoms with Crippen LogP contribution in [0.1, 0.15) is 15.9 Å². The first kappa shape index (κ1) is 12.0. The van der Waals surface area contributed by atoms with Gasteiger partial charge < -0.3 is 4.98 Å². The Morgan fingerprint density at radius 2 is 2.00 bits per heavy atom. The van der Waals surface area contributed by atoms with Crippen molar-refractivity contribution in [2.24, 2.45) is 0 Å². The molecular formula is C14H9N3O3. The lowest BCUT2D eigenvalue weighted by Crippen LogP contribution is -2.04. The monoisotopic (exact) mass is 267 g/mol. The summed E-state index contributed by atoms with van der Waals surface area (Å²) >= 11 is 0. The van der Waals surface area contributed by atoms with Gasteiger partial charge >= 0.3 is 0 Å². The summed E-state index contributed by atoms with van der Waals surface area (Å²) in [5, 5.41) is 11.6. The number of hydrogen-bond acceptors (Lipinski definition) is 4. The second-order valence-electron chi connectivity index (χ2n) is 4.23. The van der Waals surface area contributed by atoms with Crippen molar-refractivity contribution in [1.29, 1.82) is 0 Å². The summed E-state index contributed by atoms with van der Waals surface area (Å²) in [5.74, 6) is -0.392. The lowest BCUT2D eigenvalue weighted by molar-refractivity contribution is -0.385. The lowest BCUT2D eigenvalue weighted by atomic mass is 10.0. The predicted molar refractivity (Wildman–Crippen MR) is 72.6 cm³/mol. The van der Waals surface area contributed by atoms with Crippen LogP contribution in [0.2, 0.25) is 0 Å². The van der Waals surface area contributed by atoms with E-state index in [2.05, 4.69) is 9.97 Å². The van der Waals surface area contributed by atoms with Crippen molar-refractivity contribution in [3.05, 3.63) is 70.2 Å². The molecule has 0 radical (unpaired) electrons. The van der Waals surface area contributed by atoms with Crippen molar-refractivity contribution >= 4 is 22.4 Å². The maximum absolute atomic E-state index is 12.5. The minimum Gasteiger partial charge on any atom is -0.360 e. The Morgan fingerprint density at radius 1 is 1.20 bits per heavy atom. The number of rotatable bonds is 3. The number of carbonyl (C=O) groups excluding carboxylic acids is 1. The third kappa shape index (κ3) is 1.83. The van der Waals surface area contributed by atoms with Crippen LogP contribution >= 0.6 is 0 Å². The van der Waals surface area contributed by atoms with E-state index in [-0.39, 0.29) is 11.3 Å². The molecule has 0 unspecified atom stereocenters. The highest BCUT2D eigenvalue weighted by Gasteiger charge is 2.22. The summed E-state index contributed by atoms with van der Waals surface area (Å²) in [6.45, 7) is 0. The minimum atomic E-state index is -0.555. The van der Waals surface area contributed by atoms with Gasteiger partial charge in [0.1, 0.15) is 5.56 Å². The van der Waals surface area contributed by atoms with Crippen molar-refractivity contribution in [2.75, 3.05) is 0 Å². The number of pyridine rings is 1. The summed E-state index contributed by atoms with van der Waals surface area (Å²) < 4.78 is 0. The van der Waals surface area contributed by atoms with Gasteiger partial charge in [-0.05, 0) is 12.1 Å². The molecule has 1 N–H and O–H groups in total. The quantitative estimate of drug-likeness (QED) is 0.449. The predicted octanol–water partition coefficient (Wildman–Crippen LogP) is 2.70. The average Bonchev–Trinajstić information content (AvgIpc) is 2.90. The first-order chi connectivity index (χ1) is 9.68. The number of fused-ring (bicyclic) bond motifs is 1. The molecule has 0 atom stereocenters. The summed E-state index contributed by atoms with van der Waals surface area (Å²) in [5.41, 5.74) is 1.02. The molecular weight excluding hydrogens is 258 g/mol. The normalized spacial score (nSPS) is 10.6. The number of H-pyrrole nitrogens is 1. The Hall–Kier alpha value is -3.02. The van der Waals surface area contributed by atoms with Gasteiger partial charge in [0.15, 0.2) is 0 Å². The highest BCUT2D eigenvalue weighted by molar-refractivity contribution is 6.17. The van der Waals surface area contributed by atoms with Gasteiger partial charge in [0.25, 0.3) is 5.69 Å². The zero-order valence-electron chi connectivity index (χ0n) is 10.2. The van der Waals surface area contributed by atoms with Crippen molar-refractivity contribution < 1.29 is 9.72 Å². The lowest BCUT2D eigenvalue weighted by Gasteiger charge is -2.01. The fourth-order valence-electron chi connectivity index (χ4n) is 2.12. The van der Waals surface area contributed by atoms with Gasteiger partial charge in [0, 0.05) is 41.1 Å². The number of benzene rings is 1. The molecule has 6 heteroatoms. The van der Waals surface area contributed by atoms with Crippen molar-refractivity contribution in [2.45, 2.75) is 0 Å². The number of nitro groups is 1. The number of nitrogens with zero attached hydrogens (tertiary/aromatic N) is 2. The highest BCUT2D eigenvalue weighted by atomic mass is 16.6. The van der Waals surface area contributed by atoms with E-state index in [9.17, 15) is 14.9 Å². The van der Waals surface area contributed by atoms with Gasteiger partial charge in [-0.1, -0.05) is 12.1 Å². The fraction of sp³-hybridized carbons (Fsp3) is 0. The van der Waals surface area contributed by atoms with E-state index >= 15 is 0 Å². The van der Waals surface area contributed by atoms with Crippen LogP contribution in [-0.4, -0.2) is 20.7 Å². The Labute approximate surface area is 113 Å². The number of hydrogen-bond donors (Lipinski definition) is 1. The Kier molecular flexibility index (Phi) is 2.76. The van der Waals surface area contributed by atoms with Crippen LogP contribution in [-0.2, 0) is 0 Å². The molecule has 0 aliphatic carbocycles. The number of aromatic nitrogens is 2. The number of ketones is 1. The second-order valence-corrected chi connectivity index (χ2v) is 4.23. The molecule has 0 spiro atoms. The van der Waals surface area contributed by atoms with Crippen LogP contribution in [0.5, 0.6) is 0 Å². The van der Waals surface area contributed by atoms with E-state index in [1.807, 2.05) is 0 Å². The smallest absolute Gasteiger partial charge is 0.280 e. The van der Waals surface area contributed by atoms with Gasteiger partial charge in [0.05, 0.1) is 4.92 Å². The number of nitro benzene ring substituents is 1. The molecule has 0 aliphatic rings. The first-order valence-electron chi connectivity index (χ1n) is 5.87. The zero-order valence-corrected chi connectivity index (χ0v) is 10.2. The molecule has 3 aromatic rings. The van der Waals surface area contributed by atoms with E-state index in [0.29, 0.717) is 10.9 Å². The van der Waals surface area contributed by atoms with Crippen LogP contribution in [0.4, 0.5) is 5.69 Å². The minimum absolute atomic E-state index is 0.0715. The fourth-order valence-corrected chi connectivity index (χ4v) is 2.12. The summed E-state index contributed by atoms with van der Waals surface area (Å²) in [7, 11) is 0. The molecule has 20 heavy (non-hydrogen) atoms. The standard InChI is InChI=1S/C14H9N3O3/c18-14(9-3-1-2-4-13(9)17(19)20)11-8-16-12-5-6-15-7-10(11)12/h1-8,16H. The summed E-state index contributed by atoms with van der Waals surface area (Å²) in [4.78, 5) is 29.9. The Morgan fingerprint density at radius 3 is 2.80 bits per heavy atom. The van der Waals surface area contributed by atoms with Gasteiger partial charge in [-0.2, -0.15) is 0 Å². The summed E-state index contributed by atoms with van der Waals surface area (Å²) in [6, 6.07) is 7.65. The molecule has 6 nitrogen and oxygen atoms in total. The molecule has 0 saturated carbocycles. The van der Waals surface area contributed by atoms with Gasteiger partial charge in [0.2, 0.25) is 5.78 Å². The maximum atomic E-state index is 12.5. The van der Waals surface area contributed by atoms with E-state index in [1.54, 1.807) is 30.7 Å². The molecule has 3 rings (SSSR count). The van der Waals surface area contributed by atoms with Crippen LogP contribution in [0.25, 0.3) is 10.9 Å². The topological polar surface area (TPSA) is 88.9 Å². The second kappa shape index (κ2) is 4.58. The van der Waals surface area contributed by atoms with Crippen molar-refractivity contribution in [3.8, 4) is 0 Å². The van der Waals surface area contributed by atoms with Crippen LogP contribution in [0.3, 0.4) is 0 Å². The number of nitrogens with one attached hydrogen (secondary N) is 1. The molecule has 1 aromatic carbocycles. The number of carbonyl (C=O) groups is 1. The van der Waals surface area contributed by atoms with Crippen molar-refractivity contribution in [3.63, 3.8) is 0 Å². The Balaban J connectivity index is 2.16. The Bertz CT molecular complexity index is 823. The van der Waals surface area contributed by atoms with E-state index in [0.717, 1.165) is 5.52 Å². The van der Waals surface area contributed by atoms with Gasteiger partial charge in [-0.3, -0.25) is 19.9 Å². The molecule has 98 valence electrons. The van der Waals surface area contributed by atoms with Gasteiger partial charge in [-0.15, -0.1) is 0 Å². The highest BCUT2D eigenvalue weighted by Crippen LogP contribution is 2.25. The van der Waals surface area contributed by atoms with Crippen molar-refractivity contribution in [1.82, 2.24) is 9.97 Å². The molecule has 0 amide bonds. The van der Waals surface area contributed by atoms with Gasteiger partial charge in [-0.25, -0.2) is 0 Å². The van der Waals surface area contributed by atoms with E-state index in [4.69, 9.17) is 0 Å². The SMILES string of the molecule is O=C(c1ccccc1[N+](=O)[O-])c1c[nH]c2ccncc12. The number of aromatic amines is 1. The first-order valence-corrected chi connectivity index (χ1v) is 5.87. The largest absolute Gasteiger partial charge is 0.360 e.